The SMILES string of the molecule is C[C@@H](Sc1nnc(-c2ccccc2F)n1N)C(=O)N(C)C. The lowest BCUT2D eigenvalue weighted by Gasteiger charge is -2.15. The third kappa shape index (κ3) is 3.15. The highest BCUT2D eigenvalue weighted by Gasteiger charge is 2.21. The summed E-state index contributed by atoms with van der Waals surface area (Å²) in [6, 6.07) is 6.18. The van der Waals surface area contributed by atoms with E-state index in [4.69, 9.17) is 5.84 Å². The highest BCUT2D eigenvalue weighted by atomic mass is 32.2. The molecule has 1 aromatic carbocycles. The molecular weight excluding hydrogens is 293 g/mol. The first-order valence-corrected chi connectivity index (χ1v) is 7.13. The van der Waals surface area contributed by atoms with Crippen molar-refractivity contribution >= 4 is 17.7 Å². The van der Waals surface area contributed by atoms with Crippen LogP contribution in [0.4, 0.5) is 4.39 Å². The number of nitrogens with zero attached hydrogens (tertiary/aromatic N) is 4. The van der Waals surface area contributed by atoms with E-state index in [-0.39, 0.29) is 22.5 Å². The predicted molar refractivity (Wildman–Crippen MR) is 79.6 cm³/mol. The Kier molecular flexibility index (Phi) is 4.46. The normalized spacial score (nSPS) is 12.2. The van der Waals surface area contributed by atoms with Gasteiger partial charge in [-0.1, -0.05) is 23.9 Å². The van der Waals surface area contributed by atoms with Crippen LogP contribution in [0.3, 0.4) is 0 Å². The van der Waals surface area contributed by atoms with Gasteiger partial charge < -0.3 is 10.7 Å². The van der Waals surface area contributed by atoms with E-state index in [1.54, 1.807) is 39.2 Å². The molecule has 0 saturated heterocycles. The van der Waals surface area contributed by atoms with Gasteiger partial charge in [0.2, 0.25) is 11.1 Å². The molecule has 0 radical (unpaired) electrons. The Hall–Kier alpha value is -2.09. The molecule has 1 amide bonds. The fourth-order valence-corrected chi connectivity index (χ4v) is 2.67. The van der Waals surface area contributed by atoms with Gasteiger partial charge in [0.05, 0.1) is 10.8 Å². The fraction of sp³-hybridized carbons (Fsp3) is 0.308. The van der Waals surface area contributed by atoms with Crippen molar-refractivity contribution in [2.75, 3.05) is 19.9 Å². The molecule has 21 heavy (non-hydrogen) atoms. The molecule has 2 aromatic rings. The van der Waals surface area contributed by atoms with Crippen LogP contribution in [0.1, 0.15) is 6.92 Å². The van der Waals surface area contributed by atoms with Crippen molar-refractivity contribution in [1.29, 1.82) is 0 Å². The molecule has 1 atom stereocenters. The molecule has 8 heteroatoms. The molecule has 112 valence electrons. The monoisotopic (exact) mass is 309 g/mol. The Morgan fingerprint density at radius 3 is 2.67 bits per heavy atom. The van der Waals surface area contributed by atoms with Gasteiger partial charge in [0.25, 0.3) is 0 Å². The molecular formula is C13H16FN5OS. The molecule has 2 N–H and O–H groups in total. The minimum Gasteiger partial charge on any atom is -0.348 e. The van der Waals surface area contributed by atoms with Crippen LogP contribution in [0.25, 0.3) is 11.4 Å². The average molecular weight is 309 g/mol. The summed E-state index contributed by atoms with van der Waals surface area (Å²) in [4.78, 5) is 13.3. The van der Waals surface area contributed by atoms with Gasteiger partial charge >= 0.3 is 0 Å². The number of nitrogen functional groups attached to an aromatic ring is 1. The second kappa shape index (κ2) is 6.13. The second-order valence-electron chi connectivity index (χ2n) is 4.65. The molecule has 2 rings (SSSR count). The van der Waals surface area contributed by atoms with E-state index in [0.29, 0.717) is 5.16 Å². The van der Waals surface area contributed by atoms with Gasteiger partial charge in [-0.3, -0.25) is 4.79 Å². The Bertz CT molecular complexity index is 658. The number of carbonyl (C=O) groups excluding carboxylic acids is 1. The highest BCUT2D eigenvalue weighted by molar-refractivity contribution is 8.00. The summed E-state index contributed by atoms with van der Waals surface area (Å²) in [5.74, 6) is 5.65. The van der Waals surface area contributed by atoms with Crippen LogP contribution < -0.4 is 5.84 Å². The fourth-order valence-electron chi connectivity index (χ4n) is 1.76. The number of nitrogens with two attached hydrogens (primary N) is 1. The summed E-state index contributed by atoms with van der Waals surface area (Å²) < 4.78 is 15.0. The second-order valence-corrected chi connectivity index (χ2v) is 5.96. The standard InChI is InChI=1S/C13H16FN5OS/c1-8(12(20)18(2)3)21-13-17-16-11(19(13)15)9-6-4-5-7-10(9)14/h4-8H,15H2,1-3H3/t8-/m1/s1. The first-order valence-electron chi connectivity index (χ1n) is 6.25. The summed E-state index contributed by atoms with van der Waals surface area (Å²) in [5.41, 5.74) is 0.269. The number of thioether (sulfide) groups is 1. The van der Waals surface area contributed by atoms with Gasteiger partial charge in [0.1, 0.15) is 5.82 Å². The predicted octanol–water partition coefficient (Wildman–Crippen LogP) is 1.37. The van der Waals surface area contributed by atoms with E-state index in [0.717, 1.165) is 0 Å². The van der Waals surface area contributed by atoms with Gasteiger partial charge in [0.15, 0.2) is 5.82 Å². The quantitative estimate of drug-likeness (QED) is 0.682. The molecule has 6 nitrogen and oxygen atoms in total. The largest absolute Gasteiger partial charge is 0.348 e. The summed E-state index contributed by atoms with van der Waals surface area (Å²) in [6.07, 6.45) is 0. The minimum absolute atomic E-state index is 0.0598. The van der Waals surface area contributed by atoms with E-state index in [2.05, 4.69) is 10.2 Å². The Labute approximate surface area is 126 Å². The van der Waals surface area contributed by atoms with Crippen LogP contribution in [0.5, 0.6) is 0 Å². The lowest BCUT2D eigenvalue weighted by molar-refractivity contribution is -0.127. The van der Waals surface area contributed by atoms with Crippen molar-refractivity contribution in [2.24, 2.45) is 0 Å². The van der Waals surface area contributed by atoms with Crippen molar-refractivity contribution < 1.29 is 9.18 Å². The minimum atomic E-state index is -0.425. The number of halogens is 1. The molecule has 0 fully saturated rings. The van der Waals surface area contributed by atoms with E-state index >= 15 is 0 Å². The summed E-state index contributed by atoms with van der Waals surface area (Å²) in [6.45, 7) is 1.75. The number of carbonyl (C=O) groups is 1. The third-order valence-corrected chi connectivity index (χ3v) is 3.89. The number of aromatic nitrogens is 3. The van der Waals surface area contributed by atoms with Crippen LogP contribution >= 0.6 is 11.8 Å². The number of hydrogen-bond acceptors (Lipinski definition) is 5. The van der Waals surface area contributed by atoms with E-state index in [1.807, 2.05) is 0 Å². The third-order valence-electron chi connectivity index (χ3n) is 2.85. The average Bonchev–Trinajstić information content (AvgIpc) is 2.80. The summed E-state index contributed by atoms with van der Waals surface area (Å²) in [7, 11) is 3.36. The number of rotatable bonds is 4. The maximum Gasteiger partial charge on any atom is 0.235 e. The van der Waals surface area contributed by atoms with Crippen LogP contribution in [0.15, 0.2) is 29.4 Å². The zero-order chi connectivity index (χ0) is 15.6. The zero-order valence-corrected chi connectivity index (χ0v) is 12.8. The van der Waals surface area contributed by atoms with Gasteiger partial charge in [-0.15, -0.1) is 10.2 Å². The van der Waals surface area contributed by atoms with Crippen molar-refractivity contribution in [3.05, 3.63) is 30.1 Å². The molecule has 0 bridgehead atoms. The smallest absolute Gasteiger partial charge is 0.235 e. The van der Waals surface area contributed by atoms with Crippen molar-refractivity contribution in [1.82, 2.24) is 19.8 Å². The van der Waals surface area contributed by atoms with Gasteiger partial charge in [-0.25, -0.2) is 9.07 Å². The van der Waals surface area contributed by atoms with Crippen LogP contribution in [-0.2, 0) is 4.79 Å². The topological polar surface area (TPSA) is 77.0 Å². The summed E-state index contributed by atoms with van der Waals surface area (Å²) in [5, 5.41) is 7.83. The van der Waals surface area contributed by atoms with Crippen LogP contribution in [0, 0.1) is 5.82 Å². The molecule has 0 aliphatic carbocycles. The lowest BCUT2D eigenvalue weighted by Crippen LogP contribution is -2.30. The maximum absolute atomic E-state index is 13.8. The Morgan fingerprint density at radius 1 is 1.38 bits per heavy atom. The van der Waals surface area contributed by atoms with Gasteiger partial charge in [-0.05, 0) is 19.1 Å². The molecule has 0 unspecified atom stereocenters. The Morgan fingerprint density at radius 2 is 2.05 bits per heavy atom. The molecule has 0 spiro atoms. The molecule has 0 saturated carbocycles. The van der Waals surface area contributed by atoms with E-state index in [1.165, 1.54) is 27.4 Å². The van der Waals surface area contributed by atoms with Crippen molar-refractivity contribution in [2.45, 2.75) is 17.3 Å². The lowest BCUT2D eigenvalue weighted by atomic mass is 10.2. The van der Waals surface area contributed by atoms with Gasteiger partial charge in [-0.2, -0.15) is 0 Å². The molecule has 0 aliphatic rings. The number of benzene rings is 1. The number of amides is 1. The molecule has 0 aliphatic heterocycles. The van der Waals surface area contributed by atoms with Crippen LogP contribution in [-0.4, -0.2) is 45.0 Å². The first kappa shape index (κ1) is 15.3. The van der Waals surface area contributed by atoms with Gasteiger partial charge in [0, 0.05) is 14.1 Å². The molecule has 1 heterocycles. The van der Waals surface area contributed by atoms with Crippen molar-refractivity contribution in [3.8, 4) is 11.4 Å². The zero-order valence-electron chi connectivity index (χ0n) is 11.9. The first-order chi connectivity index (χ1) is 9.91. The van der Waals surface area contributed by atoms with Crippen LogP contribution in [0.2, 0.25) is 0 Å². The maximum atomic E-state index is 13.8. The van der Waals surface area contributed by atoms with E-state index in [9.17, 15) is 9.18 Å². The Balaban J connectivity index is 2.26. The van der Waals surface area contributed by atoms with Crippen molar-refractivity contribution in [3.63, 3.8) is 0 Å². The highest BCUT2D eigenvalue weighted by Crippen LogP contribution is 2.26. The van der Waals surface area contributed by atoms with E-state index < -0.39 is 5.82 Å². The summed E-state index contributed by atoms with van der Waals surface area (Å²) >= 11 is 1.18. The number of hydrogen-bond donors (Lipinski definition) is 1. The molecule has 1 aromatic heterocycles.